The lowest BCUT2D eigenvalue weighted by atomic mass is 10.4. The molecule has 0 amide bonds. The van der Waals surface area contributed by atoms with Crippen LogP contribution in [-0.4, -0.2) is 23.8 Å². The summed E-state index contributed by atoms with van der Waals surface area (Å²) in [5.74, 6) is 1.22. The van der Waals surface area contributed by atoms with Crippen molar-refractivity contribution in [2.45, 2.75) is 13.0 Å². The van der Waals surface area contributed by atoms with Gasteiger partial charge in [0.15, 0.2) is 0 Å². The largest absolute Gasteiger partial charge is 0.424 e. The van der Waals surface area contributed by atoms with Crippen LogP contribution in [0.4, 0.5) is 0 Å². The summed E-state index contributed by atoms with van der Waals surface area (Å²) in [5, 5.41) is 10.5. The number of hydrogen-bond acceptors (Lipinski definition) is 5. The quantitative estimate of drug-likeness (QED) is 0.602. The van der Waals surface area contributed by atoms with Gasteiger partial charge in [-0.25, -0.2) is 0 Å². The molecule has 0 saturated heterocycles. The number of nitrogens with one attached hydrogen (secondary N) is 1. The lowest BCUT2D eigenvalue weighted by Gasteiger charge is -1.89. The first-order valence-corrected chi connectivity index (χ1v) is 3.52. The van der Waals surface area contributed by atoms with E-state index < -0.39 is 0 Å². The molecule has 3 N–H and O–H groups in total. The summed E-state index contributed by atoms with van der Waals surface area (Å²) in [6.07, 6.45) is 0.650. The van der Waals surface area contributed by atoms with E-state index in [2.05, 4.69) is 15.5 Å². The van der Waals surface area contributed by atoms with Crippen LogP contribution < -0.4 is 11.1 Å². The molecule has 0 atom stereocenters. The van der Waals surface area contributed by atoms with Gasteiger partial charge in [0, 0.05) is 13.0 Å². The van der Waals surface area contributed by atoms with E-state index in [4.69, 9.17) is 10.2 Å². The molecule has 1 aromatic heterocycles. The first-order chi connectivity index (χ1) is 5.36. The highest BCUT2D eigenvalue weighted by Gasteiger charge is 2.02. The average Bonchev–Trinajstić information content (AvgIpc) is 2.38. The summed E-state index contributed by atoms with van der Waals surface area (Å²) in [7, 11) is 1.83. The summed E-state index contributed by atoms with van der Waals surface area (Å²) in [4.78, 5) is 0. The molecule has 0 bridgehead atoms. The van der Waals surface area contributed by atoms with Crippen LogP contribution in [0.15, 0.2) is 4.42 Å². The Labute approximate surface area is 65.0 Å². The van der Waals surface area contributed by atoms with Gasteiger partial charge in [0.25, 0.3) is 0 Å². The van der Waals surface area contributed by atoms with E-state index in [0.717, 1.165) is 0 Å². The van der Waals surface area contributed by atoms with Crippen molar-refractivity contribution < 1.29 is 4.42 Å². The average molecular weight is 156 g/mol. The molecule has 0 radical (unpaired) electrons. The molecule has 5 heteroatoms. The lowest BCUT2D eigenvalue weighted by molar-refractivity contribution is 0.440. The molecule has 0 aliphatic carbocycles. The van der Waals surface area contributed by atoms with Gasteiger partial charge in [-0.1, -0.05) is 0 Å². The third kappa shape index (κ3) is 2.28. The number of hydrogen-bond donors (Lipinski definition) is 2. The van der Waals surface area contributed by atoms with E-state index in [1.807, 2.05) is 7.05 Å². The smallest absolute Gasteiger partial charge is 0.230 e. The van der Waals surface area contributed by atoms with E-state index in [0.29, 0.717) is 31.3 Å². The van der Waals surface area contributed by atoms with Crippen molar-refractivity contribution >= 4 is 0 Å². The summed E-state index contributed by atoms with van der Waals surface area (Å²) < 4.78 is 5.20. The zero-order valence-electron chi connectivity index (χ0n) is 6.50. The van der Waals surface area contributed by atoms with E-state index in [-0.39, 0.29) is 0 Å². The monoisotopic (exact) mass is 156 g/mol. The molecule has 0 fully saturated rings. The molecule has 0 unspecified atom stereocenters. The van der Waals surface area contributed by atoms with Crippen LogP contribution in [0.1, 0.15) is 11.8 Å². The molecular weight excluding hydrogens is 144 g/mol. The van der Waals surface area contributed by atoms with Gasteiger partial charge in [0.1, 0.15) is 0 Å². The molecule has 1 aromatic rings. The predicted octanol–water partition coefficient (Wildman–Crippen LogP) is -0.710. The van der Waals surface area contributed by atoms with Crippen LogP contribution in [-0.2, 0) is 13.0 Å². The van der Waals surface area contributed by atoms with Crippen molar-refractivity contribution in [1.82, 2.24) is 15.5 Å². The van der Waals surface area contributed by atoms with Gasteiger partial charge >= 0.3 is 0 Å². The molecule has 1 rings (SSSR count). The van der Waals surface area contributed by atoms with Crippen LogP contribution in [0.25, 0.3) is 0 Å². The van der Waals surface area contributed by atoms with Crippen molar-refractivity contribution in [2.24, 2.45) is 5.73 Å². The first-order valence-electron chi connectivity index (χ1n) is 3.52. The van der Waals surface area contributed by atoms with Gasteiger partial charge in [-0.15, -0.1) is 10.2 Å². The van der Waals surface area contributed by atoms with Crippen molar-refractivity contribution in [3.63, 3.8) is 0 Å². The summed E-state index contributed by atoms with van der Waals surface area (Å²) in [6, 6.07) is 0. The third-order valence-corrected chi connectivity index (χ3v) is 1.19. The molecule has 0 saturated carbocycles. The number of rotatable bonds is 4. The second-order valence-electron chi connectivity index (χ2n) is 2.16. The van der Waals surface area contributed by atoms with Gasteiger partial charge in [-0.05, 0) is 7.05 Å². The highest BCUT2D eigenvalue weighted by molar-refractivity contribution is 4.81. The molecule has 0 spiro atoms. The normalized spacial score (nSPS) is 10.4. The van der Waals surface area contributed by atoms with Gasteiger partial charge in [-0.3, -0.25) is 0 Å². The van der Waals surface area contributed by atoms with Crippen molar-refractivity contribution in [3.05, 3.63) is 11.8 Å². The SMILES string of the molecule is CNCc1nnc(CCN)o1. The zero-order chi connectivity index (χ0) is 8.10. The fraction of sp³-hybridized carbons (Fsp3) is 0.667. The Morgan fingerprint density at radius 2 is 2.18 bits per heavy atom. The number of aromatic nitrogens is 2. The molecule has 1 heterocycles. The number of nitrogens with zero attached hydrogens (tertiary/aromatic N) is 2. The number of nitrogens with two attached hydrogens (primary N) is 1. The Morgan fingerprint density at radius 3 is 2.82 bits per heavy atom. The first kappa shape index (κ1) is 8.16. The maximum absolute atomic E-state index is 5.30. The summed E-state index contributed by atoms with van der Waals surface area (Å²) >= 11 is 0. The van der Waals surface area contributed by atoms with E-state index >= 15 is 0 Å². The van der Waals surface area contributed by atoms with Crippen LogP contribution >= 0.6 is 0 Å². The van der Waals surface area contributed by atoms with Crippen LogP contribution in [0.5, 0.6) is 0 Å². The van der Waals surface area contributed by atoms with Gasteiger partial charge in [0.05, 0.1) is 6.54 Å². The Bertz CT molecular complexity index is 190. The fourth-order valence-corrected chi connectivity index (χ4v) is 0.736. The molecule has 62 valence electrons. The summed E-state index contributed by atoms with van der Waals surface area (Å²) in [5.41, 5.74) is 5.30. The summed E-state index contributed by atoms with van der Waals surface area (Å²) in [6.45, 7) is 1.15. The predicted molar refractivity (Wildman–Crippen MR) is 39.8 cm³/mol. The van der Waals surface area contributed by atoms with Crippen molar-refractivity contribution in [2.75, 3.05) is 13.6 Å². The Balaban J connectivity index is 2.51. The topological polar surface area (TPSA) is 77.0 Å². The highest BCUT2D eigenvalue weighted by Crippen LogP contribution is 1.98. The van der Waals surface area contributed by atoms with Crippen LogP contribution in [0.3, 0.4) is 0 Å². The highest BCUT2D eigenvalue weighted by atomic mass is 16.4. The molecule has 0 aromatic carbocycles. The van der Waals surface area contributed by atoms with E-state index in [1.54, 1.807) is 0 Å². The standard InChI is InChI=1S/C6H12N4O/c1-8-4-6-10-9-5(11-6)2-3-7/h8H,2-4,7H2,1H3. The van der Waals surface area contributed by atoms with Crippen molar-refractivity contribution in [1.29, 1.82) is 0 Å². The molecular formula is C6H12N4O. The van der Waals surface area contributed by atoms with Crippen LogP contribution in [0.2, 0.25) is 0 Å². The minimum atomic E-state index is 0.543. The maximum Gasteiger partial charge on any atom is 0.230 e. The zero-order valence-corrected chi connectivity index (χ0v) is 6.50. The second kappa shape index (κ2) is 4.05. The molecule has 5 nitrogen and oxygen atoms in total. The van der Waals surface area contributed by atoms with Crippen LogP contribution in [0, 0.1) is 0 Å². The van der Waals surface area contributed by atoms with Gasteiger partial charge in [-0.2, -0.15) is 0 Å². The van der Waals surface area contributed by atoms with Gasteiger partial charge < -0.3 is 15.5 Å². The van der Waals surface area contributed by atoms with Gasteiger partial charge in [0.2, 0.25) is 11.8 Å². The Hall–Kier alpha value is -0.940. The van der Waals surface area contributed by atoms with E-state index in [1.165, 1.54) is 0 Å². The molecule has 11 heavy (non-hydrogen) atoms. The van der Waals surface area contributed by atoms with E-state index in [9.17, 15) is 0 Å². The minimum absolute atomic E-state index is 0.543. The molecule has 0 aliphatic heterocycles. The maximum atomic E-state index is 5.30. The minimum Gasteiger partial charge on any atom is -0.424 e. The fourth-order valence-electron chi connectivity index (χ4n) is 0.736. The third-order valence-electron chi connectivity index (χ3n) is 1.19. The Morgan fingerprint density at radius 1 is 1.45 bits per heavy atom. The van der Waals surface area contributed by atoms with Crippen molar-refractivity contribution in [3.8, 4) is 0 Å². The molecule has 0 aliphatic rings. The second-order valence-corrected chi connectivity index (χ2v) is 2.16. The lowest BCUT2D eigenvalue weighted by Crippen LogP contribution is -2.05. The Kier molecular flexibility index (Phi) is 3.00.